The van der Waals surface area contributed by atoms with Crippen LogP contribution in [0.4, 0.5) is 0 Å². The summed E-state index contributed by atoms with van der Waals surface area (Å²) in [6, 6.07) is 0.735. The van der Waals surface area contributed by atoms with Crippen LogP contribution in [0.15, 0.2) is 0 Å². The van der Waals surface area contributed by atoms with Crippen molar-refractivity contribution in [2.45, 2.75) is 38.3 Å². The fourth-order valence-corrected chi connectivity index (χ4v) is 3.98. The largest absolute Gasteiger partial charge is 0.379 e. The molecule has 4 rings (SSSR count). The van der Waals surface area contributed by atoms with Crippen molar-refractivity contribution >= 4 is 0 Å². The molecule has 4 fully saturated rings. The number of hydrogen-bond donors (Lipinski definition) is 1. The van der Waals surface area contributed by atoms with Crippen LogP contribution in [0, 0.1) is 5.92 Å². The SMILES string of the molecule is CC(C)(CN1C[C@H]2CC[C@@H](C1)NC2)N1CCOCC1. The van der Waals surface area contributed by atoms with Crippen molar-refractivity contribution < 1.29 is 4.74 Å². The Morgan fingerprint density at radius 3 is 2.63 bits per heavy atom. The Kier molecular flexibility index (Phi) is 4.13. The maximum absolute atomic E-state index is 5.48. The predicted molar refractivity (Wildman–Crippen MR) is 77.4 cm³/mol. The van der Waals surface area contributed by atoms with Crippen LogP contribution < -0.4 is 5.32 Å². The Hall–Kier alpha value is -0.160. The van der Waals surface area contributed by atoms with Crippen LogP contribution in [0.2, 0.25) is 0 Å². The third-order valence-electron chi connectivity index (χ3n) is 5.09. The van der Waals surface area contributed by atoms with Crippen molar-refractivity contribution in [1.29, 1.82) is 0 Å². The second-order valence-electron chi connectivity index (χ2n) is 7.15. The van der Waals surface area contributed by atoms with Gasteiger partial charge in [-0.2, -0.15) is 0 Å². The Bertz CT molecular complexity index is 280. The second kappa shape index (κ2) is 5.68. The molecule has 0 aromatic heterocycles. The quantitative estimate of drug-likeness (QED) is 0.818. The first-order valence-electron chi connectivity index (χ1n) is 7.92. The van der Waals surface area contributed by atoms with E-state index < -0.39 is 0 Å². The van der Waals surface area contributed by atoms with Crippen molar-refractivity contribution in [3.8, 4) is 0 Å². The maximum Gasteiger partial charge on any atom is 0.0594 e. The lowest BCUT2D eigenvalue weighted by Gasteiger charge is -2.43. The van der Waals surface area contributed by atoms with Gasteiger partial charge in [-0.25, -0.2) is 0 Å². The molecule has 110 valence electrons. The highest BCUT2D eigenvalue weighted by atomic mass is 16.5. The van der Waals surface area contributed by atoms with Gasteiger partial charge in [0.2, 0.25) is 0 Å². The van der Waals surface area contributed by atoms with E-state index in [4.69, 9.17) is 4.74 Å². The van der Waals surface area contributed by atoms with Crippen molar-refractivity contribution in [1.82, 2.24) is 15.1 Å². The van der Waals surface area contributed by atoms with E-state index >= 15 is 0 Å². The average Bonchev–Trinajstić information content (AvgIpc) is 2.71. The van der Waals surface area contributed by atoms with Crippen LogP contribution in [0.25, 0.3) is 0 Å². The second-order valence-corrected chi connectivity index (χ2v) is 7.15. The van der Waals surface area contributed by atoms with Crippen molar-refractivity contribution in [3.05, 3.63) is 0 Å². The molecule has 0 saturated carbocycles. The van der Waals surface area contributed by atoms with E-state index in [-0.39, 0.29) is 5.54 Å². The molecular weight excluding hydrogens is 238 g/mol. The van der Waals surface area contributed by atoms with Crippen LogP contribution in [-0.4, -0.2) is 73.9 Å². The van der Waals surface area contributed by atoms with Gasteiger partial charge in [0.05, 0.1) is 13.2 Å². The molecule has 0 radical (unpaired) electrons. The molecule has 0 aromatic rings. The molecule has 0 unspecified atom stereocenters. The summed E-state index contributed by atoms with van der Waals surface area (Å²) in [5, 5.41) is 3.70. The van der Waals surface area contributed by atoms with E-state index in [1.165, 1.54) is 39.0 Å². The number of morpholine rings is 1. The lowest BCUT2D eigenvalue weighted by Crippen LogP contribution is -2.56. The summed E-state index contributed by atoms with van der Waals surface area (Å²) in [7, 11) is 0. The molecule has 4 heterocycles. The number of ether oxygens (including phenoxy) is 1. The third-order valence-corrected chi connectivity index (χ3v) is 5.09. The van der Waals surface area contributed by atoms with Gasteiger partial charge in [-0.15, -0.1) is 0 Å². The lowest BCUT2D eigenvalue weighted by atomic mass is 9.97. The van der Waals surface area contributed by atoms with Gasteiger partial charge in [0.25, 0.3) is 0 Å². The van der Waals surface area contributed by atoms with Gasteiger partial charge in [0.15, 0.2) is 0 Å². The zero-order valence-corrected chi connectivity index (χ0v) is 12.5. The number of fused-ring (bicyclic) bond motifs is 4. The number of nitrogens with one attached hydrogen (secondary N) is 1. The van der Waals surface area contributed by atoms with Gasteiger partial charge in [-0.1, -0.05) is 0 Å². The van der Waals surface area contributed by atoms with Crippen LogP contribution in [0.5, 0.6) is 0 Å². The van der Waals surface area contributed by atoms with Crippen LogP contribution in [-0.2, 0) is 4.74 Å². The summed E-state index contributed by atoms with van der Waals surface area (Å²) >= 11 is 0. The van der Waals surface area contributed by atoms with E-state index in [1.54, 1.807) is 0 Å². The van der Waals surface area contributed by atoms with Crippen LogP contribution >= 0.6 is 0 Å². The minimum Gasteiger partial charge on any atom is -0.379 e. The first-order chi connectivity index (χ1) is 9.13. The summed E-state index contributed by atoms with van der Waals surface area (Å²) in [5.41, 5.74) is 0.271. The highest BCUT2D eigenvalue weighted by Gasteiger charge is 2.34. The first kappa shape index (κ1) is 13.8. The summed E-state index contributed by atoms with van der Waals surface area (Å²) in [6.07, 6.45) is 2.80. The third kappa shape index (κ3) is 3.30. The molecule has 0 aliphatic carbocycles. The highest BCUT2D eigenvalue weighted by molar-refractivity contribution is 4.92. The number of piperidine rings is 1. The van der Waals surface area contributed by atoms with Gasteiger partial charge >= 0.3 is 0 Å². The van der Waals surface area contributed by atoms with Gasteiger partial charge in [-0.3, -0.25) is 9.80 Å². The fourth-order valence-electron chi connectivity index (χ4n) is 3.98. The normalized spacial score (nSPS) is 34.4. The minimum atomic E-state index is 0.271. The average molecular weight is 267 g/mol. The lowest BCUT2D eigenvalue weighted by molar-refractivity contribution is -0.0220. The van der Waals surface area contributed by atoms with Crippen molar-refractivity contribution in [2.24, 2.45) is 5.92 Å². The molecule has 0 amide bonds. The van der Waals surface area contributed by atoms with Gasteiger partial charge < -0.3 is 10.1 Å². The molecule has 4 saturated heterocycles. The fraction of sp³-hybridized carbons (Fsp3) is 1.00. The summed E-state index contributed by atoms with van der Waals surface area (Å²) < 4.78 is 5.48. The molecule has 1 N–H and O–H groups in total. The first-order valence-corrected chi connectivity index (χ1v) is 7.92. The van der Waals surface area contributed by atoms with E-state index in [0.717, 1.165) is 38.3 Å². The zero-order chi connectivity index (χ0) is 13.3. The summed E-state index contributed by atoms with van der Waals surface area (Å²) in [5.74, 6) is 0.874. The summed E-state index contributed by atoms with van der Waals surface area (Å²) in [6.45, 7) is 13.7. The molecule has 4 aliphatic heterocycles. The molecule has 0 spiro atoms. The van der Waals surface area contributed by atoms with Gasteiger partial charge in [0, 0.05) is 44.3 Å². The monoisotopic (exact) mass is 267 g/mol. The standard InChI is InChI=1S/C15H29N3O/c1-15(2,18-5-7-19-8-6-18)12-17-10-13-3-4-14(11-17)16-9-13/h13-14,16H,3-12H2,1-2H3/t13-,14-/m0/s1. The molecule has 2 atom stereocenters. The Morgan fingerprint density at radius 2 is 1.95 bits per heavy atom. The minimum absolute atomic E-state index is 0.271. The Morgan fingerprint density at radius 1 is 1.16 bits per heavy atom. The smallest absolute Gasteiger partial charge is 0.0594 e. The van der Waals surface area contributed by atoms with E-state index in [1.807, 2.05) is 0 Å². The molecule has 4 aliphatic rings. The number of nitrogens with zero attached hydrogens (tertiary/aromatic N) is 2. The van der Waals surface area contributed by atoms with Crippen molar-refractivity contribution in [2.75, 3.05) is 52.5 Å². The molecule has 4 heteroatoms. The Balaban J connectivity index is 1.59. The molecule has 2 bridgehead atoms. The highest BCUT2D eigenvalue weighted by Crippen LogP contribution is 2.24. The van der Waals surface area contributed by atoms with Gasteiger partial charge in [0.1, 0.15) is 0 Å². The summed E-state index contributed by atoms with van der Waals surface area (Å²) in [4.78, 5) is 5.31. The van der Waals surface area contributed by atoms with Crippen LogP contribution in [0.3, 0.4) is 0 Å². The van der Waals surface area contributed by atoms with E-state index in [0.29, 0.717) is 0 Å². The molecule has 0 aromatic carbocycles. The molecular formula is C15H29N3O. The van der Waals surface area contributed by atoms with E-state index in [9.17, 15) is 0 Å². The number of rotatable bonds is 3. The molecule has 19 heavy (non-hydrogen) atoms. The van der Waals surface area contributed by atoms with E-state index in [2.05, 4.69) is 29.0 Å². The molecule has 4 nitrogen and oxygen atoms in total. The Labute approximate surface area is 117 Å². The van der Waals surface area contributed by atoms with Crippen LogP contribution in [0.1, 0.15) is 26.7 Å². The predicted octanol–water partition coefficient (Wildman–Crippen LogP) is 0.781. The number of hydrogen-bond acceptors (Lipinski definition) is 4. The van der Waals surface area contributed by atoms with Crippen molar-refractivity contribution in [3.63, 3.8) is 0 Å². The topological polar surface area (TPSA) is 27.7 Å². The van der Waals surface area contributed by atoms with Gasteiger partial charge in [-0.05, 0) is 39.2 Å². The maximum atomic E-state index is 5.48. The zero-order valence-electron chi connectivity index (χ0n) is 12.5.